The molecule has 0 saturated carbocycles. The Bertz CT molecular complexity index is 414. The van der Waals surface area contributed by atoms with Crippen molar-refractivity contribution in [3.05, 3.63) is 28.3 Å². The van der Waals surface area contributed by atoms with Gasteiger partial charge in [-0.3, -0.25) is 0 Å². The van der Waals surface area contributed by atoms with Crippen LogP contribution in [0.1, 0.15) is 57.6 Å². The van der Waals surface area contributed by atoms with E-state index in [1.165, 1.54) is 19.3 Å². The summed E-state index contributed by atoms with van der Waals surface area (Å²) in [5.41, 5.74) is 2.40. The van der Waals surface area contributed by atoms with E-state index in [0.717, 1.165) is 41.5 Å². The number of hydrogen-bond acceptors (Lipinski definition) is 2. The van der Waals surface area contributed by atoms with Crippen LogP contribution >= 0.6 is 11.6 Å². The number of halogens is 1. The highest BCUT2D eigenvalue weighted by atomic mass is 35.5. The lowest BCUT2D eigenvalue weighted by Gasteiger charge is -2.20. The molecule has 0 unspecified atom stereocenters. The highest BCUT2D eigenvalue weighted by Gasteiger charge is 2.07. The summed E-state index contributed by atoms with van der Waals surface area (Å²) < 4.78 is 5.81. The predicted octanol–water partition coefficient (Wildman–Crippen LogP) is 5.28. The van der Waals surface area contributed by atoms with Crippen LogP contribution in [0.2, 0.25) is 5.02 Å². The van der Waals surface area contributed by atoms with Gasteiger partial charge in [-0.05, 0) is 77.3 Å². The Morgan fingerprint density at radius 2 is 1.57 bits per heavy atom. The first-order chi connectivity index (χ1) is 9.79. The number of rotatable bonds is 8. The molecule has 1 aromatic rings. The van der Waals surface area contributed by atoms with Crippen LogP contribution in [0.4, 0.5) is 0 Å². The standard InChI is InChI=1S/C18H30ClNO/c1-14-12-16(13-15(2)17(14)19)21-11-9-7-6-8-10-20-18(3,4)5/h12-13,20H,6-11H2,1-5H3. The average Bonchev–Trinajstić information content (AvgIpc) is 2.37. The minimum Gasteiger partial charge on any atom is -0.494 e. The Hall–Kier alpha value is -0.730. The maximum Gasteiger partial charge on any atom is 0.119 e. The van der Waals surface area contributed by atoms with E-state index in [4.69, 9.17) is 16.3 Å². The molecule has 0 aromatic heterocycles. The molecule has 1 aromatic carbocycles. The first-order valence-electron chi connectivity index (χ1n) is 7.94. The normalized spacial score (nSPS) is 11.7. The lowest BCUT2D eigenvalue weighted by molar-refractivity contribution is 0.303. The summed E-state index contributed by atoms with van der Waals surface area (Å²) in [6, 6.07) is 4.03. The van der Waals surface area contributed by atoms with Crippen LogP contribution in [0.3, 0.4) is 0 Å². The Kier molecular flexibility index (Phi) is 7.55. The van der Waals surface area contributed by atoms with E-state index >= 15 is 0 Å². The molecule has 1 rings (SSSR count). The molecule has 0 amide bonds. The maximum absolute atomic E-state index is 6.15. The van der Waals surface area contributed by atoms with E-state index in [1.54, 1.807) is 0 Å². The molecular formula is C18H30ClNO. The average molecular weight is 312 g/mol. The van der Waals surface area contributed by atoms with Gasteiger partial charge in [-0.1, -0.05) is 24.4 Å². The zero-order valence-electron chi connectivity index (χ0n) is 14.2. The van der Waals surface area contributed by atoms with Crippen LogP contribution in [-0.2, 0) is 0 Å². The fraction of sp³-hybridized carbons (Fsp3) is 0.667. The van der Waals surface area contributed by atoms with Crippen molar-refractivity contribution in [2.75, 3.05) is 13.2 Å². The molecule has 0 spiro atoms. The number of hydrogen-bond donors (Lipinski definition) is 1. The van der Waals surface area contributed by atoms with Gasteiger partial charge in [0.15, 0.2) is 0 Å². The second kappa shape index (κ2) is 8.65. The highest BCUT2D eigenvalue weighted by Crippen LogP contribution is 2.25. The maximum atomic E-state index is 6.15. The largest absolute Gasteiger partial charge is 0.494 e. The summed E-state index contributed by atoms with van der Waals surface area (Å²) in [6.07, 6.45) is 4.81. The van der Waals surface area contributed by atoms with Gasteiger partial charge in [0.1, 0.15) is 5.75 Å². The van der Waals surface area contributed by atoms with Gasteiger partial charge in [0.2, 0.25) is 0 Å². The van der Waals surface area contributed by atoms with Crippen LogP contribution in [0.25, 0.3) is 0 Å². The van der Waals surface area contributed by atoms with E-state index in [0.29, 0.717) is 0 Å². The van der Waals surface area contributed by atoms with Gasteiger partial charge in [-0.25, -0.2) is 0 Å². The van der Waals surface area contributed by atoms with Gasteiger partial charge >= 0.3 is 0 Å². The third kappa shape index (κ3) is 7.73. The van der Waals surface area contributed by atoms with Gasteiger partial charge in [-0.15, -0.1) is 0 Å². The summed E-state index contributed by atoms with van der Waals surface area (Å²) in [4.78, 5) is 0. The molecule has 0 fully saturated rings. The van der Waals surface area contributed by atoms with Crippen molar-refractivity contribution in [2.45, 2.75) is 65.8 Å². The van der Waals surface area contributed by atoms with Gasteiger partial charge < -0.3 is 10.1 Å². The summed E-state index contributed by atoms with van der Waals surface area (Å²) in [7, 11) is 0. The van der Waals surface area contributed by atoms with Crippen LogP contribution in [0, 0.1) is 13.8 Å². The molecule has 0 aliphatic rings. The van der Waals surface area contributed by atoms with E-state index in [-0.39, 0.29) is 5.54 Å². The zero-order valence-corrected chi connectivity index (χ0v) is 14.9. The quantitative estimate of drug-likeness (QED) is 0.659. The van der Waals surface area contributed by atoms with Crippen molar-refractivity contribution in [3.63, 3.8) is 0 Å². The van der Waals surface area contributed by atoms with Crippen molar-refractivity contribution in [3.8, 4) is 5.75 Å². The molecule has 0 radical (unpaired) electrons. The molecule has 2 nitrogen and oxygen atoms in total. The number of nitrogens with one attached hydrogen (secondary N) is 1. The Morgan fingerprint density at radius 1 is 1.00 bits per heavy atom. The first kappa shape index (κ1) is 18.3. The number of benzene rings is 1. The third-order valence-corrected chi connectivity index (χ3v) is 4.00. The second-order valence-electron chi connectivity index (χ2n) is 6.81. The topological polar surface area (TPSA) is 21.3 Å². The molecule has 0 saturated heterocycles. The monoisotopic (exact) mass is 311 g/mol. The van der Waals surface area contributed by atoms with Gasteiger partial charge in [0.25, 0.3) is 0 Å². The van der Waals surface area contributed by atoms with Gasteiger partial charge in [0, 0.05) is 10.6 Å². The van der Waals surface area contributed by atoms with Crippen LogP contribution < -0.4 is 10.1 Å². The molecule has 0 aliphatic carbocycles. The fourth-order valence-electron chi connectivity index (χ4n) is 2.22. The molecule has 3 heteroatoms. The van der Waals surface area contributed by atoms with Gasteiger partial charge in [0.05, 0.1) is 6.61 Å². The van der Waals surface area contributed by atoms with E-state index in [1.807, 2.05) is 26.0 Å². The lowest BCUT2D eigenvalue weighted by Crippen LogP contribution is -2.36. The van der Waals surface area contributed by atoms with Crippen molar-refractivity contribution < 1.29 is 4.74 Å². The highest BCUT2D eigenvalue weighted by molar-refractivity contribution is 6.32. The Balaban J connectivity index is 2.12. The molecular weight excluding hydrogens is 282 g/mol. The van der Waals surface area contributed by atoms with Crippen LogP contribution in [0.15, 0.2) is 12.1 Å². The summed E-state index contributed by atoms with van der Waals surface area (Å²) in [5, 5.41) is 4.35. The van der Waals surface area contributed by atoms with E-state index in [2.05, 4.69) is 26.1 Å². The van der Waals surface area contributed by atoms with Crippen LogP contribution in [-0.4, -0.2) is 18.7 Å². The zero-order chi connectivity index (χ0) is 15.9. The molecule has 1 N–H and O–H groups in total. The summed E-state index contributed by atoms with van der Waals surface area (Å²) >= 11 is 6.15. The molecule has 0 bridgehead atoms. The third-order valence-electron chi connectivity index (χ3n) is 3.41. The number of unbranched alkanes of at least 4 members (excludes halogenated alkanes) is 3. The van der Waals surface area contributed by atoms with Crippen LogP contribution in [0.5, 0.6) is 5.75 Å². The Labute approximate surface area is 135 Å². The van der Waals surface area contributed by atoms with E-state index in [9.17, 15) is 0 Å². The lowest BCUT2D eigenvalue weighted by atomic mass is 10.1. The van der Waals surface area contributed by atoms with Crippen molar-refractivity contribution in [2.24, 2.45) is 0 Å². The smallest absolute Gasteiger partial charge is 0.119 e. The fourth-order valence-corrected chi connectivity index (χ4v) is 2.33. The molecule has 120 valence electrons. The van der Waals surface area contributed by atoms with E-state index < -0.39 is 0 Å². The molecule has 0 atom stereocenters. The SMILES string of the molecule is Cc1cc(OCCCCCCNC(C)(C)C)cc(C)c1Cl. The molecule has 0 heterocycles. The Morgan fingerprint density at radius 3 is 2.14 bits per heavy atom. The first-order valence-corrected chi connectivity index (χ1v) is 8.32. The summed E-state index contributed by atoms with van der Waals surface area (Å²) in [5.74, 6) is 0.934. The summed E-state index contributed by atoms with van der Waals surface area (Å²) in [6.45, 7) is 12.5. The minimum absolute atomic E-state index is 0.230. The van der Waals surface area contributed by atoms with Gasteiger partial charge in [-0.2, -0.15) is 0 Å². The van der Waals surface area contributed by atoms with Crippen molar-refractivity contribution in [1.82, 2.24) is 5.32 Å². The molecule has 21 heavy (non-hydrogen) atoms. The number of ether oxygens (including phenoxy) is 1. The minimum atomic E-state index is 0.230. The number of aryl methyl sites for hydroxylation is 2. The predicted molar refractivity (Wildman–Crippen MR) is 92.6 cm³/mol. The second-order valence-corrected chi connectivity index (χ2v) is 7.19. The van der Waals surface area contributed by atoms with Crippen molar-refractivity contribution >= 4 is 11.6 Å². The van der Waals surface area contributed by atoms with Crippen molar-refractivity contribution in [1.29, 1.82) is 0 Å². The molecule has 0 aliphatic heterocycles.